The normalized spacial score (nSPS) is 16.9. The zero-order valence-electron chi connectivity index (χ0n) is 8.61. The standard InChI is InChI=1S/C10H11ClN4O/c11-10-13-7-1-2-12-8(7)9(14-10)15-3-5-16-6-4-15/h1-2,12H,3-6H2. The Morgan fingerprint density at radius 1 is 1.31 bits per heavy atom. The first-order valence-electron chi connectivity index (χ1n) is 5.18. The van der Waals surface area contributed by atoms with Crippen LogP contribution in [0.25, 0.3) is 11.0 Å². The minimum absolute atomic E-state index is 0.286. The fourth-order valence-electron chi connectivity index (χ4n) is 1.91. The molecule has 0 radical (unpaired) electrons. The van der Waals surface area contributed by atoms with Gasteiger partial charge in [0.1, 0.15) is 5.52 Å². The lowest BCUT2D eigenvalue weighted by molar-refractivity contribution is 0.122. The number of rotatable bonds is 1. The number of aromatic nitrogens is 3. The first kappa shape index (κ1) is 9.86. The van der Waals surface area contributed by atoms with Gasteiger partial charge >= 0.3 is 0 Å². The van der Waals surface area contributed by atoms with Gasteiger partial charge in [-0.25, -0.2) is 4.98 Å². The second kappa shape index (κ2) is 3.92. The van der Waals surface area contributed by atoms with Gasteiger partial charge < -0.3 is 14.6 Å². The van der Waals surface area contributed by atoms with E-state index in [2.05, 4.69) is 19.9 Å². The number of nitrogens with zero attached hydrogens (tertiary/aromatic N) is 3. The Morgan fingerprint density at radius 3 is 2.94 bits per heavy atom. The van der Waals surface area contributed by atoms with Gasteiger partial charge in [-0.1, -0.05) is 0 Å². The van der Waals surface area contributed by atoms with E-state index in [9.17, 15) is 0 Å². The molecule has 16 heavy (non-hydrogen) atoms. The average Bonchev–Trinajstić information content (AvgIpc) is 2.77. The van der Waals surface area contributed by atoms with Gasteiger partial charge in [0.2, 0.25) is 5.28 Å². The highest BCUT2D eigenvalue weighted by Gasteiger charge is 2.17. The van der Waals surface area contributed by atoms with Crippen molar-refractivity contribution < 1.29 is 4.74 Å². The number of fused-ring (bicyclic) bond motifs is 1. The maximum atomic E-state index is 5.91. The highest BCUT2D eigenvalue weighted by Crippen LogP contribution is 2.24. The van der Waals surface area contributed by atoms with Crippen LogP contribution in [0, 0.1) is 0 Å². The molecule has 3 rings (SSSR count). The van der Waals surface area contributed by atoms with Gasteiger partial charge in [-0.15, -0.1) is 0 Å². The van der Waals surface area contributed by atoms with E-state index in [0.29, 0.717) is 0 Å². The van der Waals surface area contributed by atoms with Crippen molar-refractivity contribution in [2.24, 2.45) is 0 Å². The van der Waals surface area contributed by atoms with Crippen LogP contribution in [0.3, 0.4) is 0 Å². The molecule has 0 saturated carbocycles. The molecule has 0 aromatic carbocycles. The molecule has 0 amide bonds. The van der Waals surface area contributed by atoms with E-state index < -0.39 is 0 Å². The Labute approximate surface area is 97.4 Å². The summed E-state index contributed by atoms with van der Waals surface area (Å²) in [6.07, 6.45) is 1.85. The van der Waals surface area contributed by atoms with Crippen molar-refractivity contribution in [1.29, 1.82) is 0 Å². The molecule has 0 aliphatic carbocycles. The van der Waals surface area contributed by atoms with Crippen LogP contribution in [0.1, 0.15) is 0 Å². The van der Waals surface area contributed by atoms with Crippen molar-refractivity contribution >= 4 is 28.5 Å². The Balaban J connectivity index is 2.09. The molecule has 0 bridgehead atoms. The molecule has 1 aliphatic rings. The van der Waals surface area contributed by atoms with Crippen LogP contribution in [0.5, 0.6) is 0 Å². The van der Waals surface area contributed by atoms with E-state index in [1.54, 1.807) is 0 Å². The van der Waals surface area contributed by atoms with Crippen LogP contribution in [0.2, 0.25) is 5.28 Å². The number of halogens is 1. The van der Waals surface area contributed by atoms with Crippen molar-refractivity contribution in [3.8, 4) is 0 Å². The second-order valence-corrected chi connectivity index (χ2v) is 3.99. The first-order chi connectivity index (χ1) is 7.84. The van der Waals surface area contributed by atoms with Gasteiger partial charge in [0.15, 0.2) is 5.82 Å². The molecule has 0 atom stereocenters. The molecule has 5 nitrogen and oxygen atoms in total. The molecule has 3 heterocycles. The van der Waals surface area contributed by atoms with E-state index in [1.165, 1.54) is 0 Å². The Bertz CT molecular complexity index is 506. The van der Waals surface area contributed by atoms with E-state index >= 15 is 0 Å². The maximum absolute atomic E-state index is 5.91. The lowest BCUT2D eigenvalue weighted by Gasteiger charge is -2.28. The number of H-pyrrole nitrogens is 1. The number of morpholine rings is 1. The third-order valence-corrected chi connectivity index (χ3v) is 2.84. The third kappa shape index (κ3) is 1.62. The van der Waals surface area contributed by atoms with Crippen molar-refractivity contribution in [3.63, 3.8) is 0 Å². The van der Waals surface area contributed by atoms with E-state index in [1.807, 2.05) is 12.3 Å². The molecule has 1 saturated heterocycles. The van der Waals surface area contributed by atoms with Gasteiger partial charge in [-0.05, 0) is 17.7 Å². The minimum Gasteiger partial charge on any atom is -0.378 e. The predicted molar refractivity (Wildman–Crippen MR) is 61.9 cm³/mol. The fourth-order valence-corrected chi connectivity index (χ4v) is 2.08. The lowest BCUT2D eigenvalue weighted by Crippen LogP contribution is -2.37. The summed E-state index contributed by atoms with van der Waals surface area (Å²) in [5.74, 6) is 0.864. The molecule has 2 aromatic heterocycles. The zero-order chi connectivity index (χ0) is 11.0. The van der Waals surface area contributed by atoms with Crippen molar-refractivity contribution in [1.82, 2.24) is 15.0 Å². The highest BCUT2D eigenvalue weighted by molar-refractivity contribution is 6.28. The molecule has 6 heteroatoms. The molecule has 1 aliphatic heterocycles. The zero-order valence-corrected chi connectivity index (χ0v) is 9.37. The Kier molecular flexibility index (Phi) is 2.41. The van der Waals surface area contributed by atoms with Crippen LogP contribution >= 0.6 is 11.6 Å². The first-order valence-corrected chi connectivity index (χ1v) is 5.56. The SMILES string of the molecule is Clc1nc(N2CCOCC2)c2[nH]ccc2n1. The van der Waals surface area contributed by atoms with Crippen LogP contribution < -0.4 is 4.90 Å². The van der Waals surface area contributed by atoms with E-state index in [0.717, 1.165) is 43.2 Å². The summed E-state index contributed by atoms with van der Waals surface area (Å²) in [5, 5.41) is 0.286. The fraction of sp³-hybridized carbons (Fsp3) is 0.400. The molecule has 2 aromatic rings. The topological polar surface area (TPSA) is 54.0 Å². The van der Waals surface area contributed by atoms with Crippen LogP contribution in [-0.4, -0.2) is 41.3 Å². The summed E-state index contributed by atoms with van der Waals surface area (Å²) >= 11 is 5.91. The quantitative estimate of drug-likeness (QED) is 0.764. The summed E-state index contributed by atoms with van der Waals surface area (Å²) in [6.45, 7) is 3.12. The molecular formula is C10H11ClN4O. The van der Waals surface area contributed by atoms with Gasteiger partial charge in [0, 0.05) is 19.3 Å². The summed E-state index contributed by atoms with van der Waals surface area (Å²) < 4.78 is 5.32. The Morgan fingerprint density at radius 2 is 2.12 bits per heavy atom. The van der Waals surface area contributed by atoms with Gasteiger partial charge in [-0.3, -0.25) is 0 Å². The van der Waals surface area contributed by atoms with Crippen molar-refractivity contribution in [2.45, 2.75) is 0 Å². The summed E-state index contributed by atoms with van der Waals surface area (Å²) in [4.78, 5) is 13.8. The number of ether oxygens (including phenoxy) is 1. The van der Waals surface area contributed by atoms with Crippen LogP contribution in [0.15, 0.2) is 12.3 Å². The van der Waals surface area contributed by atoms with Crippen molar-refractivity contribution in [2.75, 3.05) is 31.2 Å². The summed E-state index contributed by atoms with van der Waals surface area (Å²) in [7, 11) is 0. The number of aromatic amines is 1. The maximum Gasteiger partial charge on any atom is 0.225 e. The average molecular weight is 239 g/mol. The van der Waals surface area contributed by atoms with Crippen molar-refractivity contribution in [3.05, 3.63) is 17.5 Å². The number of hydrogen-bond donors (Lipinski definition) is 1. The minimum atomic E-state index is 0.286. The smallest absolute Gasteiger partial charge is 0.225 e. The molecule has 84 valence electrons. The second-order valence-electron chi connectivity index (χ2n) is 3.65. The molecule has 1 N–H and O–H groups in total. The monoisotopic (exact) mass is 238 g/mol. The van der Waals surface area contributed by atoms with Gasteiger partial charge in [0.25, 0.3) is 0 Å². The molecule has 0 unspecified atom stereocenters. The molecular weight excluding hydrogens is 228 g/mol. The molecule has 1 fully saturated rings. The lowest BCUT2D eigenvalue weighted by atomic mass is 10.3. The summed E-state index contributed by atoms with van der Waals surface area (Å²) in [6, 6.07) is 1.90. The van der Waals surface area contributed by atoms with Gasteiger partial charge in [-0.2, -0.15) is 4.98 Å². The van der Waals surface area contributed by atoms with E-state index in [-0.39, 0.29) is 5.28 Å². The predicted octanol–water partition coefficient (Wildman–Crippen LogP) is 1.45. The van der Waals surface area contributed by atoms with Crippen LogP contribution in [0.4, 0.5) is 5.82 Å². The van der Waals surface area contributed by atoms with Crippen LogP contribution in [-0.2, 0) is 4.74 Å². The highest BCUT2D eigenvalue weighted by atomic mass is 35.5. The largest absolute Gasteiger partial charge is 0.378 e. The Hall–Kier alpha value is -1.33. The molecule has 0 spiro atoms. The van der Waals surface area contributed by atoms with Gasteiger partial charge in [0.05, 0.1) is 18.7 Å². The number of nitrogens with one attached hydrogen (secondary N) is 1. The number of hydrogen-bond acceptors (Lipinski definition) is 4. The number of anilines is 1. The van der Waals surface area contributed by atoms with E-state index in [4.69, 9.17) is 16.3 Å². The summed E-state index contributed by atoms with van der Waals surface area (Å²) in [5.41, 5.74) is 1.78. The third-order valence-electron chi connectivity index (χ3n) is 2.67.